The largest absolute Gasteiger partial charge is 0.340 e. The number of allylic oxidation sites excluding steroid dienone is 1. The predicted molar refractivity (Wildman–Crippen MR) is 127 cm³/mol. The lowest BCUT2D eigenvalue weighted by atomic mass is 10.1. The molecule has 0 saturated carbocycles. The second kappa shape index (κ2) is 11.3. The van der Waals surface area contributed by atoms with Crippen LogP contribution < -0.4 is 5.56 Å². The maximum absolute atomic E-state index is 13.4. The third-order valence-electron chi connectivity index (χ3n) is 4.72. The molecule has 0 aliphatic heterocycles. The van der Waals surface area contributed by atoms with E-state index in [9.17, 15) is 9.59 Å². The molecule has 0 aliphatic rings. The number of benzene rings is 1. The molecule has 0 bridgehead atoms. The number of thiophene rings is 1. The molecule has 3 rings (SSSR count). The average molecular weight is 464 g/mol. The van der Waals surface area contributed by atoms with E-state index < -0.39 is 0 Å². The fraction of sp³-hybridized carbons (Fsp3) is 0.261. The summed E-state index contributed by atoms with van der Waals surface area (Å²) >= 11 is 2.57. The Balaban J connectivity index is 1.91. The van der Waals surface area contributed by atoms with Gasteiger partial charge in [-0.2, -0.15) is 10.5 Å². The van der Waals surface area contributed by atoms with Crippen molar-refractivity contribution in [3.8, 4) is 23.3 Å². The summed E-state index contributed by atoms with van der Waals surface area (Å²) in [5.41, 5.74) is 1.62. The van der Waals surface area contributed by atoms with Crippen LogP contribution in [0.25, 0.3) is 21.3 Å². The lowest BCUT2D eigenvalue weighted by molar-refractivity contribution is -0.128. The number of thioether (sulfide) groups is 1. The molecule has 0 spiro atoms. The highest BCUT2D eigenvalue weighted by Crippen LogP contribution is 2.32. The Hall–Kier alpha value is -3.40. The van der Waals surface area contributed by atoms with Crippen molar-refractivity contribution in [2.75, 3.05) is 18.8 Å². The molecule has 0 saturated heterocycles. The summed E-state index contributed by atoms with van der Waals surface area (Å²) in [6.07, 6.45) is 2.02. The number of carbonyl (C=O) groups is 1. The summed E-state index contributed by atoms with van der Waals surface area (Å²) in [4.78, 5) is 32.8. The highest BCUT2D eigenvalue weighted by atomic mass is 32.2. The first kappa shape index (κ1) is 23.3. The third kappa shape index (κ3) is 5.25. The van der Waals surface area contributed by atoms with E-state index in [4.69, 9.17) is 10.5 Å². The number of aromatic nitrogens is 2. The number of nitrogens with zero attached hydrogens (tertiary/aromatic N) is 5. The second-order valence-corrected chi connectivity index (χ2v) is 8.58. The minimum absolute atomic E-state index is 0.0584. The van der Waals surface area contributed by atoms with E-state index in [0.29, 0.717) is 15.4 Å². The normalized spacial score (nSPS) is 10.4. The lowest BCUT2D eigenvalue weighted by Gasteiger charge is -2.20. The van der Waals surface area contributed by atoms with E-state index in [2.05, 4.69) is 11.6 Å². The molecule has 0 unspecified atom stereocenters. The van der Waals surface area contributed by atoms with Crippen molar-refractivity contribution in [2.24, 2.45) is 0 Å². The van der Waals surface area contributed by atoms with Crippen molar-refractivity contribution in [2.45, 2.75) is 24.5 Å². The number of rotatable bonds is 10. The van der Waals surface area contributed by atoms with Gasteiger partial charge in [0, 0.05) is 30.6 Å². The highest BCUT2D eigenvalue weighted by Gasteiger charge is 2.19. The van der Waals surface area contributed by atoms with E-state index in [1.165, 1.54) is 32.6 Å². The van der Waals surface area contributed by atoms with Crippen molar-refractivity contribution in [3.63, 3.8) is 0 Å². The summed E-state index contributed by atoms with van der Waals surface area (Å²) in [5.74, 6) is -0.140. The number of fused-ring (bicyclic) bond motifs is 1. The van der Waals surface area contributed by atoms with Crippen LogP contribution in [0.15, 0.2) is 58.3 Å². The van der Waals surface area contributed by atoms with Gasteiger partial charge in [0.2, 0.25) is 5.91 Å². The fourth-order valence-electron chi connectivity index (χ4n) is 3.18. The van der Waals surface area contributed by atoms with Crippen LogP contribution in [0, 0.1) is 22.7 Å². The number of amides is 1. The number of hydrogen-bond acceptors (Lipinski definition) is 7. The summed E-state index contributed by atoms with van der Waals surface area (Å²) in [6.45, 7) is 4.57. The van der Waals surface area contributed by atoms with Gasteiger partial charge in [0.25, 0.3) is 5.56 Å². The molecular weight excluding hydrogens is 442 g/mol. The van der Waals surface area contributed by atoms with Gasteiger partial charge < -0.3 is 4.90 Å². The Morgan fingerprint density at radius 2 is 1.91 bits per heavy atom. The number of hydrogen-bond donors (Lipinski definition) is 0. The van der Waals surface area contributed by atoms with E-state index in [-0.39, 0.29) is 49.7 Å². The van der Waals surface area contributed by atoms with Crippen molar-refractivity contribution < 1.29 is 4.79 Å². The molecule has 0 radical (unpaired) electrons. The van der Waals surface area contributed by atoms with Crippen LogP contribution in [-0.4, -0.2) is 39.2 Å². The van der Waals surface area contributed by atoms with Crippen LogP contribution in [0.5, 0.6) is 0 Å². The third-order valence-corrected chi connectivity index (χ3v) is 6.55. The lowest BCUT2D eigenvalue weighted by Crippen LogP contribution is -2.34. The summed E-state index contributed by atoms with van der Waals surface area (Å²) in [5, 5.41) is 20.6. The SMILES string of the molecule is C=CCn1c(SCC(=O)N(CCC#N)CCC#N)nc2scc(-c3ccccc3)c2c1=O. The summed E-state index contributed by atoms with van der Waals surface area (Å²) in [6, 6.07) is 13.7. The monoisotopic (exact) mass is 463 g/mol. The van der Waals surface area contributed by atoms with Gasteiger partial charge in [0.05, 0.1) is 36.1 Å². The van der Waals surface area contributed by atoms with Crippen molar-refractivity contribution in [1.29, 1.82) is 10.5 Å². The number of carbonyl (C=O) groups excluding carboxylic acids is 1. The Morgan fingerprint density at radius 1 is 1.22 bits per heavy atom. The quantitative estimate of drug-likeness (QED) is 0.255. The van der Waals surface area contributed by atoms with E-state index in [1.54, 1.807) is 6.08 Å². The van der Waals surface area contributed by atoms with Gasteiger partial charge in [0.15, 0.2) is 5.16 Å². The van der Waals surface area contributed by atoms with E-state index in [1.807, 2.05) is 47.9 Å². The molecule has 1 amide bonds. The van der Waals surface area contributed by atoms with E-state index in [0.717, 1.165) is 11.1 Å². The molecular formula is C23H21N5O2S2. The molecule has 2 aromatic heterocycles. The minimum Gasteiger partial charge on any atom is -0.340 e. The Morgan fingerprint density at radius 3 is 2.53 bits per heavy atom. The van der Waals surface area contributed by atoms with Gasteiger partial charge in [-0.15, -0.1) is 17.9 Å². The molecule has 0 fully saturated rings. The van der Waals surface area contributed by atoms with Gasteiger partial charge in [0.1, 0.15) is 4.83 Å². The van der Waals surface area contributed by atoms with Gasteiger partial charge >= 0.3 is 0 Å². The molecule has 7 nitrogen and oxygen atoms in total. The summed E-state index contributed by atoms with van der Waals surface area (Å²) < 4.78 is 1.53. The topological polar surface area (TPSA) is 103 Å². The molecule has 3 aromatic rings. The van der Waals surface area contributed by atoms with Crippen LogP contribution in [0.1, 0.15) is 12.8 Å². The zero-order valence-corrected chi connectivity index (χ0v) is 19.0. The molecule has 0 aliphatic carbocycles. The van der Waals surface area contributed by atoms with Gasteiger partial charge in [-0.3, -0.25) is 14.2 Å². The van der Waals surface area contributed by atoms with Gasteiger partial charge in [-0.1, -0.05) is 48.2 Å². The van der Waals surface area contributed by atoms with Gasteiger partial charge in [-0.05, 0) is 5.56 Å². The molecule has 162 valence electrons. The molecule has 2 heterocycles. The Kier molecular flexibility index (Phi) is 8.20. The Bertz CT molecular complexity index is 1230. The van der Waals surface area contributed by atoms with Crippen LogP contribution >= 0.6 is 23.1 Å². The minimum atomic E-state index is -0.198. The molecule has 0 atom stereocenters. The van der Waals surface area contributed by atoms with Crippen LogP contribution in [0.3, 0.4) is 0 Å². The van der Waals surface area contributed by atoms with Crippen LogP contribution in [0.4, 0.5) is 0 Å². The first-order chi connectivity index (χ1) is 15.6. The summed E-state index contributed by atoms with van der Waals surface area (Å²) in [7, 11) is 0. The molecule has 9 heteroatoms. The molecule has 32 heavy (non-hydrogen) atoms. The highest BCUT2D eigenvalue weighted by molar-refractivity contribution is 7.99. The molecule has 0 N–H and O–H groups in total. The zero-order valence-electron chi connectivity index (χ0n) is 17.4. The predicted octanol–water partition coefficient (Wildman–Crippen LogP) is 4.06. The maximum atomic E-state index is 13.4. The Labute approximate surface area is 194 Å². The fourth-order valence-corrected chi connectivity index (χ4v) is 5.08. The van der Waals surface area contributed by atoms with Gasteiger partial charge in [-0.25, -0.2) is 4.98 Å². The first-order valence-electron chi connectivity index (χ1n) is 9.93. The van der Waals surface area contributed by atoms with E-state index >= 15 is 0 Å². The second-order valence-electron chi connectivity index (χ2n) is 6.78. The van der Waals surface area contributed by atoms with Crippen LogP contribution in [0.2, 0.25) is 0 Å². The van der Waals surface area contributed by atoms with Crippen molar-refractivity contribution >= 4 is 39.2 Å². The van der Waals surface area contributed by atoms with Crippen molar-refractivity contribution in [3.05, 3.63) is 58.7 Å². The smallest absolute Gasteiger partial charge is 0.263 e. The average Bonchev–Trinajstić information content (AvgIpc) is 3.24. The maximum Gasteiger partial charge on any atom is 0.263 e. The van der Waals surface area contributed by atoms with Crippen LogP contribution in [-0.2, 0) is 11.3 Å². The standard InChI is InChI=1S/C23H21N5O2S2/c1-2-12-28-22(30)20-18(17-8-4-3-5-9-17)15-31-21(20)26-23(28)32-16-19(29)27(13-6-10-24)14-7-11-25/h2-5,8-9,15H,1,6-7,12-14,16H2. The molecule has 1 aromatic carbocycles. The first-order valence-corrected chi connectivity index (χ1v) is 11.8. The zero-order chi connectivity index (χ0) is 22.9. The number of nitriles is 2. The van der Waals surface area contributed by atoms with Crippen molar-refractivity contribution in [1.82, 2.24) is 14.5 Å².